The molecule has 2 atom stereocenters. The molecule has 39 heavy (non-hydrogen) atoms. The van der Waals surface area contributed by atoms with Crippen LogP contribution in [-0.2, 0) is 22.4 Å². The van der Waals surface area contributed by atoms with Crippen LogP contribution in [0.2, 0.25) is 0 Å². The van der Waals surface area contributed by atoms with Gasteiger partial charge in [0.25, 0.3) is 0 Å². The average molecular weight is 581 g/mol. The highest BCUT2D eigenvalue weighted by molar-refractivity contribution is 7.99. The summed E-state index contributed by atoms with van der Waals surface area (Å²) < 4.78 is 26.9. The number of rotatable bonds is 16. The van der Waals surface area contributed by atoms with Crippen LogP contribution in [0, 0.1) is 21.7 Å². The first-order chi connectivity index (χ1) is 18.0. The molecule has 2 heterocycles. The standard InChI is InChI=1S/C33H56O4S2/c1-30(2,24-34)18-11-9-14-26-20-32(5,6)22-28(38(26)36)16-13-17-29-23-33(7,8)21-27(39(29)37)15-10-12-19-31(3,4)25-35/h20-23,34-35H,9-19,24-25H2,1-8H3. The van der Waals surface area contributed by atoms with Crippen LogP contribution in [0.1, 0.15) is 126 Å². The molecule has 2 N–H and O–H groups in total. The van der Waals surface area contributed by atoms with Crippen LogP contribution in [-0.4, -0.2) is 32.5 Å². The number of aliphatic hydroxyl groups excluding tert-OH is 2. The minimum Gasteiger partial charge on any atom is -0.607 e. The lowest BCUT2D eigenvalue weighted by Crippen LogP contribution is -2.21. The molecular formula is C33H56O4S2. The zero-order valence-electron chi connectivity index (χ0n) is 26.0. The van der Waals surface area contributed by atoms with E-state index in [0.717, 1.165) is 90.2 Å². The Bertz CT molecular complexity index is 850. The van der Waals surface area contributed by atoms with Crippen LogP contribution in [0.4, 0.5) is 0 Å². The molecule has 4 nitrogen and oxygen atoms in total. The molecular weight excluding hydrogens is 524 g/mol. The van der Waals surface area contributed by atoms with E-state index in [9.17, 15) is 19.3 Å². The van der Waals surface area contributed by atoms with Gasteiger partial charge in [-0.2, -0.15) is 0 Å². The molecule has 2 unspecified atom stereocenters. The molecule has 0 fully saturated rings. The first kappa shape index (κ1) is 34.7. The van der Waals surface area contributed by atoms with Crippen LogP contribution >= 0.6 is 0 Å². The first-order valence-electron chi connectivity index (χ1n) is 14.9. The third kappa shape index (κ3) is 11.7. The second-order valence-corrected chi connectivity index (χ2v) is 17.7. The van der Waals surface area contributed by atoms with Gasteiger partial charge in [-0.05, 0) is 67.2 Å². The van der Waals surface area contributed by atoms with Gasteiger partial charge in [0.2, 0.25) is 0 Å². The van der Waals surface area contributed by atoms with Gasteiger partial charge in [-0.1, -0.05) is 68.2 Å². The van der Waals surface area contributed by atoms with Crippen molar-refractivity contribution < 1.29 is 19.3 Å². The molecule has 2 aliphatic rings. The zero-order chi connectivity index (χ0) is 29.5. The summed E-state index contributed by atoms with van der Waals surface area (Å²) in [5.74, 6) is 0. The van der Waals surface area contributed by atoms with Gasteiger partial charge in [0.05, 0.1) is 0 Å². The predicted octanol–water partition coefficient (Wildman–Crippen LogP) is 8.43. The summed E-state index contributed by atoms with van der Waals surface area (Å²) in [5, 5.41) is 19.0. The molecule has 2 rings (SSSR count). The van der Waals surface area contributed by atoms with Gasteiger partial charge in [-0.25, -0.2) is 0 Å². The van der Waals surface area contributed by atoms with Crippen molar-refractivity contribution in [3.05, 3.63) is 43.9 Å². The molecule has 0 saturated heterocycles. The van der Waals surface area contributed by atoms with Crippen LogP contribution < -0.4 is 0 Å². The summed E-state index contributed by atoms with van der Waals surface area (Å²) in [6, 6.07) is 0. The highest BCUT2D eigenvalue weighted by Gasteiger charge is 2.34. The monoisotopic (exact) mass is 580 g/mol. The van der Waals surface area contributed by atoms with Gasteiger partial charge >= 0.3 is 0 Å². The third-order valence-corrected chi connectivity index (χ3v) is 11.0. The van der Waals surface area contributed by atoms with Gasteiger partial charge < -0.3 is 19.3 Å². The molecule has 224 valence electrons. The van der Waals surface area contributed by atoms with Crippen molar-refractivity contribution in [3.63, 3.8) is 0 Å². The van der Waals surface area contributed by atoms with Crippen LogP contribution in [0.15, 0.2) is 43.9 Å². The lowest BCUT2D eigenvalue weighted by atomic mass is 9.87. The fourth-order valence-corrected chi connectivity index (χ4v) is 8.99. The summed E-state index contributed by atoms with van der Waals surface area (Å²) in [6.07, 6.45) is 18.7. The quantitative estimate of drug-likeness (QED) is 0.142. The molecule has 2 aliphatic heterocycles. The second-order valence-electron chi connectivity index (χ2n) is 14.5. The zero-order valence-corrected chi connectivity index (χ0v) is 27.7. The molecule has 6 heteroatoms. The maximum absolute atomic E-state index is 13.4. The van der Waals surface area contributed by atoms with E-state index in [0.29, 0.717) is 0 Å². The Kier molecular flexibility index (Phi) is 13.0. The molecule has 0 aliphatic carbocycles. The van der Waals surface area contributed by atoms with E-state index in [1.807, 2.05) is 0 Å². The molecule has 0 aromatic carbocycles. The summed E-state index contributed by atoms with van der Waals surface area (Å²) in [5.41, 5.74) is -0.339. The predicted molar refractivity (Wildman–Crippen MR) is 169 cm³/mol. The maximum atomic E-state index is 13.4. The first-order valence-corrected chi connectivity index (χ1v) is 17.2. The topological polar surface area (TPSA) is 86.6 Å². The van der Waals surface area contributed by atoms with Gasteiger partial charge in [0.15, 0.2) is 0 Å². The lowest BCUT2D eigenvalue weighted by Gasteiger charge is -2.29. The molecule has 0 radical (unpaired) electrons. The highest BCUT2D eigenvalue weighted by Crippen LogP contribution is 2.41. The smallest absolute Gasteiger partial charge is 0.132 e. The number of hydrogen-bond acceptors (Lipinski definition) is 4. The Morgan fingerprint density at radius 2 is 0.846 bits per heavy atom. The third-order valence-electron chi connectivity index (χ3n) is 7.84. The average Bonchev–Trinajstić information content (AvgIpc) is 2.84. The van der Waals surface area contributed by atoms with Gasteiger partial charge in [-0.3, -0.25) is 0 Å². The van der Waals surface area contributed by atoms with Crippen molar-refractivity contribution in [1.29, 1.82) is 0 Å². The summed E-state index contributed by atoms with van der Waals surface area (Å²) in [7, 11) is 0. The summed E-state index contributed by atoms with van der Waals surface area (Å²) in [6.45, 7) is 17.5. The largest absolute Gasteiger partial charge is 0.607 e. The van der Waals surface area contributed by atoms with Crippen molar-refractivity contribution >= 4 is 22.4 Å². The van der Waals surface area contributed by atoms with E-state index in [4.69, 9.17) is 0 Å². The minimum atomic E-state index is -1.09. The summed E-state index contributed by atoms with van der Waals surface area (Å²) in [4.78, 5) is 4.10. The van der Waals surface area contributed by atoms with Crippen molar-refractivity contribution in [3.8, 4) is 0 Å². The molecule has 0 saturated carbocycles. The van der Waals surface area contributed by atoms with E-state index in [1.54, 1.807) is 0 Å². The molecule has 0 aromatic rings. The number of hydrogen-bond donors (Lipinski definition) is 2. The minimum absolute atomic E-state index is 0.0568. The van der Waals surface area contributed by atoms with Crippen molar-refractivity contribution in [1.82, 2.24) is 0 Å². The SMILES string of the molecule is CC1(C)C=C(CCCCC(C)(C)CO)[S+]([O-])C(CCCC2=CC(C)(C)C=C(CCCCC(C)(C)CO)[S+]2[O-])=C1. The maximum Gasteiger partial charge on any atom is 0.132 e. The van der Waals surface area contributed by atoms with Crippen LogP contribution in [0.5, 0.6) is 0 Å². The fourth-order valence-electron chi connectivity index (χ4n) is 5.35. The van der Waals surface area contributed by atoms with E-state index in [-0.39, 0.29) is 34.9 Å². The highest BCUT2D eigenvalue weighted by atomic mass is 32.2. The Morgan fingerprint density at radius 1 is 0.564 bits per heavy atom. The molecule has 0 bridgehead atoms. The van der Waals surface area contributed by atoms with Crippen LogP contribution in [0.25, 0.3) is 0 Å². The van der Waals surface area contributed by atoms with Crippen molar-refractivity contribution in [2.24, 2.45) is 21.7 Å². The number of unbranched alkanes of at least 4 members (excludes halogenated alkanes) is 2. The number of aliphatic hydroxyl groups is 2. The van der Waals surface area contributed by atoms with Crippen molar-refractivity contribution in [2.45, 2.75) is 126 Å². The Hall–Kier alpha value is -0.500. The fraction of sp³-hybridized carbons (Fsp3) is 0.758. The molecule has 0 aromatic heterocycles. The van der Waals surface area contributed by atoms with Gasteiger partial charge in [-0.15, -0.1) is 0 Å². The van der Waals surface area contributed by atoms with E-state index >= 15 is 0 Å². The Morgan fingerprint density at radius 3 is 1.13 bits per heavy atom. The van der Waals surface area contributed by atoms with E-state index < -0.39 is 22.4 Å². The van der Waals surface area contributed by atoms with Gasteiger partial charge in [0, 0.05) is 72.1 Å². The Labute approximate surface area is 245 Å². The van der Waals surface area contributed by atoms with Crippen molar-refractivity contribution in [2.75, 3.05) is 13.2 Å². The normalized spacial score (nSPS) is 23.2. The summed E-state index contributed by atoms with van der Waals surface area (Å²) >= 11 is -2.18. The Balaban J connectivity index is 1.92. The van der Waals surface area contributed by atoms with Crippen LogP contribution in [0.3, 0.4) is 0 Å². The lowest BCUT2D eigenvalue weighted by molar-refractivity contribution is 0.147. The second kappa shape index (κ2) is 14.6. The van der Waals surface area contributed by atoms with E-state index in [2.05, 4.69) is 79.7 Å². The molecule has 0 amide bonds. The van der Waals surface area contributed by atoms with E-state index in [1.165, 1.54) is 0 Å². The van der Waals surface area contributed by atoms with Gasteiger partial charge in [0.1, 0.15) is 19.6 Å². The molecule has 0 spiro atoms. The number of allylic oxidation sites excluding steroid dienone is 8.